The molecule has 0 N–H and O–H groups in total. The Morgan fingerprint density at radius 3 is 2.57 bits per heavy atom. The number of hydrogen-bond acceptors (Lipinski definition) is 3. The van der Waals surface area contributed by atoms with Crippen molar-refractivity contribution >= 4 is 5.69 Å². The average molecular weight is 286 g/mol. The van der Waals surface area contributed by atoms with E-state index in [2.05, 4.69) is 84.8 Å². The largest absolute Gasteiger partial charge is 0.378 e. The molecule has 0 saturated heterocycles. The van der Waals surface area contributed by atoms with Crippen LogP contribution in [0.3, 0.4) is 0 Å². The van der Waals surface area contributed by atoms with Crippen molar-refractivity contribution in [2.24, 2.45) is 0 Å². The van der Waals surface area contributed by atoms with Crippen LogP contribution in [-0.4, -0.2) is 35.6 Å². The first-order valence-corrected chi connectivity index (χ1v) is 7.44. The SMILES string of the molecule is CC(C)n1ccnc1CN(C)Cc1cccc(N(C)C)c1. The van der Waals surface area contributed by atoms with E-state index in [1.165, 1.54) is 11.3 Å². The third-order valence-electron chi connectivity index (χ3n) is 3.60. The minimum Gasteiger partial charge on any atom is -0.378 e. The van der Waals surface area contributed by atoms with Crippen LogP contribution in [0, 0.1) is 0 Å². The first-order valence-electron chi connectivity index (χ1n) is 7.44. The van der Waals surface area contributed by atoms with Crippen LogP contribution < -0.4 is 4.90 Å². The molecule has 0 spiro atoms. The predicted molar refractivity (Wildman–Crippen MR) is 88.6 cm³/mol. The molecule has 0 bridgehead atoms. The Morgan fingerprint density at radius 2 is 1.90 bits per heavy atom. The van der Waals surface area contributed by atoms with E-state index in [0.717, 1.165) is 18.9 Å². The maximum atomic E-state index is 4.48. The molecule has 2 aromatic rings. The van der Waals surface area contributed by atoms with Crippen molar-refractivity contribution in [3.05, 3.63) is 48.0 Å². The molecule has 4 nitrogen and oxygen atoms in total. The van der Waals surface area contributed by atoms with E-state index in [1.54, 1.807) is 0 Å². The van der Waals surface area contributed by atoms with Crippen molar-refractivity contribution in [1.29, 1.82) is 0 Å². The Kier molecular flexibility index (Phi) is 5.02. The lowest BCUT2D eigenvalue weighted by Gasteiger charge is -2.20. The van der Waals surface area contributed by atoms with Crippen LogP contribution in [0.1, 0.15) is 31.3 Å². The molecule has 0 radical (unpaired) electrons. The molecule has 0 fully saturated rings. The van der Waals surface area contributed by atoms with Gasteiger partial charge in [0.05, 0.1) is 6.54 Å². The second-order valence-electron chi connectivity index (χ2n) is 6.08. The zero-order valence-corrected chi connectivity index (χ0v) is 13.7. The maximum absolute atomic E-state index is 4.48. The number of benzene rings is 1. The number of hydrogen-bond donors (Lipinski definition) is 0. The van der Waals surface area contributed by atoms with Crippen molar-refractivity contribution in [3.8, 4) is 0 Å². The molecule has 0 amide bonds. The molecule has 1 aromatic heterocycles. The summed E-state index contributed by atoms with van der Waals surface area (Å²) in [4.78, 5) is 8.91. The smallest absolute Gasteiger partial charge is 0.123 e. The first kappa shape index (κ1) is 15.6. The summed E-state index contributed by atoms with van der Waals surface area (Å²) in [5.41, 5.74) is 2.57. The molecule has 2 rings (SSSR count). The maximum Gasteiger partial charge on any atom is 0.123 e. The molecule has 0 atom stereocenters. The molecule has 0 aliphatic carbocycles. The van der Waals surface area contributed by atoms with Crippen LogP contribution in [0.4, 0.5) is 5.69 Å². The standard InChI is InChI=1S/C17H26N4/c1-14(2)21-10-9-18-17(21)13-20(5)12-15-7-6-8-16(11-15)19(3)4/h6-11,14H,12-13H2,1-5H3. The summed E-state index contributed by atoms with van der Waals surface area (Å²) < 4.78 is 2.23. The Balaban J connectivity index is 2.03. The second kappa shape index (κ2) is 6.76. The van der Waals surface area contributed by atoms with Crippen LogP contribution in [-0.2, 0) is 13.1 Å². The van der Waals surface area contributed by atoms with E-state index in [9.17, 15) is 0 Å². The molecule has 0 unspecified atom stereocenters. The van der Waals surface area contributed by atoms with E-state index >= 15 is 0 Å². The van der Waals surface area contributed by atoms with E-state index in [1.807, 2.05) is 6.20 Å². The normalized spacial score (nSPS) is 11.4. The molecule has 0 aliphatic rings. The van der Waals surface area contributed by atoms with Gasteiger partial charge in [-0.25, -0.2) is 4.98 Å². The van der Waals surface area contributed by atoms with Crippen LogP contribution in [0.25, 0.3) is 0 Å². The summed E-state index contributed by atoms with van der Waals surface area (Å²) in [7, 11) is 6.28. The third-order valence-corrected chi connectivity index (χ3v) is 3.60. The van der Waals surface area contributed by atoms with E-state index in [0.29, 0.717) is 6.04 Å². The van der Waals surface area contributed by atoms with Gasteiger partial charge in [-0.3, -0.25) is 4.90 Å². The van der Waals surface area contributed by atoms with Gasteiger partial charge < -0.3 is 9.47 Å². The predicted octanol–water partition coefficient (Wildman–Crippen LogP) is 3.16. The average Bonchev–Trinajstić information content (AvgIpc) is 2.87. The highest BCUT2D eigenvalue weighted by atomic mass is 15.2. The molecule has 114 valence electrons. The molecule has 0 saturated carbocycles. The van der Waals surface area contributed by atoms with Crippen LogP contribution >= 0.6 is 0 Å². The number of rotatable bonds is 6. The molecule has 0 aliphatic heterocycles. The topological polar surface area (TPSA) is 24.3 Å². The van der Waals surface area contributed by atoms with Gasteiger partial charge in [-0.2, -0.15) is 0 Å². The van der Waals surface area contributed by atoms with E-state index < -0.39 is 0 Å². The lowest BCUT2D eigenvalue weighted by atomic mass is 10.2. The quantitative estimate of drug-likeness (QED) is 0.815. The fraction of sp³-hybridized carbons (Fsp3) is 0.471. The van der Waals surface area contributed by atoms with Gasteiger partial charge in [0.2, 0.25) is 0 Å². The Morgan fingerprint density at radius 1 is 1.14 bits per heavy atom. The van der Waals surface area contributed by atoms with Crippen LogP contribution in [0.5, 0.6) is 0 Å². The summed E-state index contributed by atoms with van der Waals surface area (Å²) in [6, 6.07) is 9.12. The monoisotopic (exact) mass is 286 g/mol. The number of anilines is 1. The third kappa shape index (κ3) is 4.08. The van der Waals surface area contributed by atoms with Crippen LogP contribution in [0.2, 0.25) is 0 Å². The van der Waals surface area contributed by atoms with Crippen molar-refractivity contribution in [2.45, 2.75) is 33.0 Å². The molecular formula is C17H26N4. The second-order valence-corrected chi connectivity index (χ2v) is 6.08. The van der Waals surface area contributed by atoms with Gasteiger partial charge in [-0.1, -0.05) is 12.1 Å². The fourth-order valence-corrected chi connectivity index (χ4v) is 2.48. The Hall–Kier alpha value is -1.81. The van der Waals surface area contributed by atoms with Gasteiger partial charge >= 0.3 is 0 Å². The first-order chi connectivity index (χ1) is 9.97. The lowest BCUT2D eigenvalue weighted by Crippen LogP contribution is -2.21. The summed E-state index contributed by atoms with van der Waals surface area (Å²) in [5.74, 6) is 1.12. The molecule has 1 aromatic carbocycles. The van der Waals surface area contributed by atoms with Gasteiger partial charge in [-0.05, 0) is 38.6 Å². The number of imidazole rings is 1. The summed E-state index contributed by atoms with van der Waals surface area (Å²) in [6.45, 7) is 6.15. The van der Waals surface area contributed by atoms with Crippen molar-refractivity contribution in [1.82, 2.24) is 14.5 Å². The molecule has 21 heavy (non-hydrogen) atoms. The number of nitrogens with zero attached hydrogens (tertiary/aromatic N) is 4. The van der Waals surface area contributed by atoms with Gasteiger partial charge in [0, 0.05) is 44.8 Å². The zero-order valence-electron chi connectivity index (χ0n) is 13.7. The van der Waals surface area contributed by atoms with Gasteiger partial charge in [0.15, 0.2) is 0 Å². The summed E-state index contributed by atoms with van der Waals surface area (Å²) >= 11 is 0. The summed E-state index contributed by atoms with van der Waals surface area (Å²) in [5, 5.41) is 0. The molecular weight excluding hydrogens is 260 g/mol. The zero-order chi connectivity index (χ0) is 15.4. The Labute approximate surface area is 128 Å². The van der Waals surface area contributed by atoms with E-state index in [4.69, 9.17) is 0 Å². The summed E-state index contributed by atoms with van der Waals surface area (Å²) in [6.07, 6.45) is 3.94. The van der Waals surface area contributed by atoms with Gasteiger partial charge in [-0.15, -0.1) is 0 Å². The highest BCUT2D eigenvalue weighted by Gasteiger charge is 2.09. The Bertz CT molecular complexity index is 572. The van der Waals surface area contributed by atoms with Gasteiger partial charge in [0.25, 0.3) is 0 Å². The highest BCUT2D eigenvalue weighted by Crippen LogP contribution is 2.16. The minimum atomic E-state index is 0.452. The van der Waals surface area contributed by atoms with Gasteiger partial charge in [0.1, 0.15) is 5.82 Å². The van der Waals surface area contributed by atoms with Crippen LogP contribution in [0.15, 0.2) is 36.7 Å². The van der Waals surface area contributed by atoms with Crippen molar-refractivity contribution < 1.29 is 0 Å². The van der Waals surface area contributed by atoms with Crippen molar-refractivity contribution in [3.63, 3.8) is 0 Å². The molecule has 1 heterocycles. The minimum absolute atomic E-state index is 0.452. The van der Waals surface area contributed by atoms with E-state index in [-0.39, 0.29) is 0 Å². The lowest BCUT2D eigenvalue weighted by molar-refractivity contribution is 0.302. The number of aromatic nitrogens is 2. The fourth-order valence-electron chi connectivity index (χ4n) is 2.48. The highest BCUT2D eigenvalue weighted by molar-refractivity contribution is 5.47. The van der Waals surface area contributed by atoms with Crippen molar-refractivity contribution in [2.75, 3.05) is 26.0 Å². The molecule has 4 heteroatoms.